The molecule has 3 heterocycles. The van der Waals surface area contributed by atoms with Gasteiger partial charge in [0.1, 0.15) is 5.58 Å². The first-order valence-electron chi connectivity index (χ1n) is 12.0. The molecule has 0 bridgehead atoms. The number of amides is 1. The van der Waals surface area contributed by atoms with Crippen molar-refractivity contribution in [1.29, 1.82) is 0 Å². The molecule has 178 valence electrons. The van der Waals surface area contributed by atoms with E-state index in [9.17, 15) is 13.2 Å². The lowest BCUT2D eigenvalue weighted by molar-refractivity contribution is 0.102. The summed E-state index contributed by atoms with van der Waals surface area (Å²) in [5.41, 5.74) is 3.89. The van der Waals surface area contributed by atoms with E-state index in [1.165, 1.54) is 31.0 Å². The number of carbonyl (C=O) groups excluding carboxylic acids is 1. The zero-order valence-electron chi connectivity index (χ0n) is 19.6. The lowest BCUT2D eigenvalue weighted by Crippen LogP contribution is -2.32. The fraction of sp³-hybridized carbons (Fsp3) is 0.370. The van der Waals surface area contributed by atoms with Gasteiger partial charge >= 0.3 is 0 Å². The highest BCUT2D eigenvalue weighted by Gasteiger charge is 2.29. The lowest BCUT2D eigenvalue weighted by Gasteiger charge is -2.28. The minimum Gasteiger partial charge on any atom is -0.464 e. The van der Waals surface area contributed by atoms with Gasteiger partial charge in [0.15, 0.2) is 9.84 Å². The van der Waals surface area contributed by atoms with E-state index in [-0.39, 0.29) is 10.5 Å². The monoisotopic (exact) mass is 478 g/mol. The fourth-order valence-electron chi connectivity index (χ4n) is 5.04. The summed E-state index contributed by atoms with van der Waals surface area (Å²) in [7, 11) is -3.60. The van der Waals surface area contributed by atoms with Crippen molar-refractivity contribution in [2.75, 3.05) is 18.4 Å². The highest BCUT2D eigenvalue weighted by atomic mass is 32.2. The van der Waals surface area contributed by atoms with Gasteiger partial charge in [-0.15, -0.1) is 0 Å². The van der Waals surface area contributed by atoms with Gasteiger partial charge in [0.25, 0.3) is 5.91 Å². The van der Waals surface area contributed by atoms with Crippen LogP contribution in [0.5, 0.6) is 0 Å². The van der Waals surface area contributed by atoms with Gasteiger partial charge in [0.2, 0.25) is 0 Å². The van der Waals surface area contributed by atoms with E-state index in [1.54, 1.807) is 37.5 Å². The molecule has 0 spiro atoms. The molecule has 1 fully saturated rings. The minimum atomic E-state index is -3.60. The van der Waals surface area contributed by atoms with Crippen LogP contribution in [-0.2, 0) is 9.84 Å². The second kappa shape index (κ2) is 9.04. The number of furan rings is 1. The van der Waals surface area contributed by atoms with E-state index in [2.05, 4.69) is 16.3 Å². The Bertz CT molecular complexity index is 1370. The summed E-state index contributed by atoms with van der Waals surface area (Å²) in [6, 6.07) is 12.6. The van der Waals surface area contributed by atoms with Crippen LogP contribution in [-0.4, -0.2) is 43.6 Å². The maximum Gasteiger partial charge on any atom is 0.256 e. The van der Waals surface area contributed by atoms with Gasteiger partial charge in [0.05, 0.1) is 22.0 Å². The number of anilines is 1. The quantitative estimate of drug-likeness (QED) is 0.505. The van der Waals surface area contributed by atoms with Crippen molar-refractivity contribution in [3.63, 3.8) is 0 Å². The summed E-state index contributed by atoms with van der Waals surface area (Å²) < 4.78 is 31.8. The highest BCUT2D eigenvalue weighted by molar-refractivity contribution is 7.92. The molecule has 1 amide bonds. The average molecular weight is 479 g/mol. The molecule has 3 aromatic rings. The Balaban J connectivity index is 1.44. The molecule has 2 unspecified atom stereocenters. The van der Waals surface area contributed by atoms with Crippen molar-refractivity contribution in [2.24, 2.45) is 0 Å². The van der Waals surface area contributed by atoms with Crippen molar-refractivity contribution in [3.8, 4) is 0 Å². The molecule has 7 heteroatoms. The van der Waals surface area contributed by atoms with Gasteiger partial charge in [0, 0.05) is 29.2 Å². The van der Waals surface area contributed by atoms with Gasteiger partial charge in [-0.25, -0.2) is 8.42 Å². The summed E-state index contributed by atoms with van der Waals surface area (Å²) in [6.07, 6.45) is 8.06. The van der Waals surface area contributed by atoms with E-state index in [0.717, 1.165) is 29.5 Å². The van der Waals surface area contributed by atoms with Crippen LogP contribution in [0, 0.1) is 0 Å². The van der Waals surface area contributed by atoms with Crippen LogP contribution in [0.3, 0.4) is 0 Å². The van der Waals surface area contributed by atoms with Gasteiger partial charge in [-0.2, -0.15) is 0 Å². The Morgan fingerprint density at radius 2 is 2.06 bits per heavy atom. The highest BCUT2D eigenvalue weighted by Crippen LogP contribution is 2.37. The summed E-state index contributed by atoms with van der Waals surface area (Å²) in [5, 5.41) is 3.29. The summed E-state index contributed by atoms with van der Waals surface area (Å²) >= 11 is 0. The molecule has 2 aromatic carbocycles. The Kier molecular flexibility index (Phi) is 6.08. The third-order valence-corrected chi connectivity index (χ3v) is 9.61. The molecule has 1 aromatic heterocycles. The number of rotatable bonds is 6. The van der Waals surface area contributed by atoms with Crippen molar-refractivity contribution in [1.82, 2.24) is 4.90 Å². The second-order valence-electron chi connectivity index (χ2n) is 9.30. The molecule has 6 nitrogen and oxygen atoms in total. The Labute approximate surface area is 200 Å². The molecule has 5 rings (SSSR count). The summed E-state index contributed by atoms with van der Waals surface area (Å²) in [6.45, 7) is 5.63. The molecule has 0 aliphatic carbocycles. The number of hydrogen-bond acceptors (Lipinski definition) is 5. The lowest BCUT2D eigenvalue weighted by atomic mass is 9.94. The maximum absolute atomic E-state index is 13.2. The summed E-state index contributed by atoms with van der Waals surface area (Å²) in [5.74, 6) is -0.439. The Hall–Kier alpha value is -2.90. The molecule has 1 N–H and O–H groups in total. The molecule has 1 saturated heterocycles. The predicted octanol–water partition coefficient (Wildman–Crippen LogP) is 5.51. The van der Waals surface area contributed by atoms with E-state index in [1.807, 2.05) is 19.1 Å². The molecule has 0 saturated carbocycles. The number of sulfone groups is 1. The molecule has 2 aliphatic heterocycles. The third kappa shape index (κ3) is 4.07. The van der Waals surface area contributed by atoms with Gasteiger partial charge in [-0.05, 0) is 75.1 Å². The molecule has 2 atom stereocenters. The number of hydrogen-bond donors (Lipinski definition) is 1. The van der Waals surface area contributed by atoms with Crippen LogP contribution in [0.1, 0.15) is 55.5 Å². The number of fused-ring (bicyclic) bond motifs is 2. The van der Waals surface area contributed by atoms with Crippen LogP contribution >= 0.6 is 0 Å². The molecule has 34 heavy (non-hydrogen) atoms. The van der Waals surface area contributed by atoms with Crippen molar-refractivity contribution < 1.29 is 17.6 Å². The molecular weight excluding hydrogens is 448 g/mol. The van der Waals surface area contributed by atoms with Crippen molar-refractivity contribution in [2.45, 2.75) is 55.7 Å². The second-order valence-corrected chi connectivity index (χ2v) is 11.6. The summed E-state index contributed by atoms with van der Waals surface area (Å²) in [4.78, 5) is 15.8. The van der Waals surface area contributed by atoms with Crippen LogP contribution in [0.2, 0.25) is 0 Å². The predicted molar refractivity (Wildman–Crippen MR) is 135 cm³/mol. The van der Waals surface area contributed by atoms with Crippen LogP contribution in [0.4, 0.5) is 5.69 Å². The van der Waals surface area contributed by atoms with E-state index >= 15 is 0 Å². The van der Waals surface area contributed by atoms with Crippen molar-refractivity contribution in [3.05, 3.63) is 65.9 Å². The number of benzene rings is 2. The first kappa shape index (κ1) is 22.9. The van der Waals surface area contributed by atoms with E-state index in [0.29, 0.717) is 18.2 Å². The van der Waals surface area contributed by atoms with Gasteiger partial charge in [-0.3, -0.25) is 9.69 Å². The Morgan fingerprint density at radius 3 is 2.88 bits per heavy atom. The zero-order chi connectivity index (χ0) is 23.9. The molecular formula is C27H30N2O4S. The largest absolute Gasteiger partial charge is 0.464 e. The third-order valence-electron chi connectivity index (χ3n) is 7.25. The van der Waals surface area contributed by atoms with Crippen LogP contribution in [0.25, 0.3) is 16.5 Å². The molecule has 0 radical (unpaired) electrons. The maximum atomic E-state index is 13.2. The Morgan fingerprint density at radius 1 is 1.24 bits per heavy atom. The zero-order valence-corrected chi connectivity index (χ0v) is 20.4. The van der Waals surface area contributed by atoms with Gasteiger partial charge in [-0.1, -0.05) is 25.1 Å². The number of nitrogens with one attached hydrogen (secondary N) is 1. The smallest absolute Gasteiger partial charge is 0.256 e. The van der Waals surface area contributed by atoms with E-state index < -0.39 is 21.0 Å². The van der Waals surface area contributed by atoms with E-state index in [4.69, 9.17) is 4.42 Å². The van der Waals surface area contributed by atoms with Crippen LogP contribution in [0.15, 0.2) is 64.1 Å². The normalized spacial score (nSPS) is 19.6. The first-order chi connectivity index (χ1) is 16.4. The van der Waals surface area contributed by atoms with Crippen molar-refractivity contribution >= 4 is 38.0 Å². The minimum absolute atomic E-state index is 0.0698. The van der Waals surface area contributed by atoms with Gasteiger partial charge < -0.3 is 9.73 Å². The first-order valence-corrected chi connectivity index (χ1v) is 13.5. The fourth-order valence-corrected chi connectivity index (χ4v) is 6.65. The number of carbonyl (C=O) groups is 1. The van der Waals surface area contributed by atoms with Crippen LogP contribution < -0.4 is 5.32 Å². The average Bonchev–Trinajstić information content (AvgIpc) is 3.49. The topological polar surface area (TPSA) is 79.6 Å². The standard InChI is InChI=1S/C27H30N2O4S/c1-3-18(2)34(31,32)26-9-5-4-8-22(26)27(30)28-20-10-11-25-23(16-20)24(17-33-25)19-12-14-29-13-6-7-21(29)15-19/h4-5,8-12,16-18,21H,3,6-7,13-15H2,1-2H3,(H,28,30). The SMILES string of the molecule is CCC(C)S(=O)(=O)c1ccccc1C(=O)Nc1ccc2occ(C3=CCN4CCCC4C3)c2c1. The number of nitrogens with zero attached hydrogens (tertiary/aromatic N) is 1. The molecule has 2 aliphatic rings.